The normalized spacial score (nSPS) is 10.1. The number of halogens is 1. The number of hydrogen-bond donors (Lipinski definition) is 2. The Morgan fingerprint density at radius 3 is 2.69 bits per heavy atom. The lowest BCUT2D eigenvalue weighted by atomic mass is 10.3. The predicted octanol–water partition coefficient (Wildman–Crippen LogP) is -3.18. The third-order valence-electron chi connectivity index (χ3n) is 2.34. The fourth-order valence-corrected chi connectivity index (χ4v) is 1.66. The number of nitrogens with two attached hydrogens (primary N) is 2. The number of ketones is 1. The number of fused-ring (bicyclic) bond motifs is 1. The Kier molecular flexibility index (Phi) is 3.39. The lowest BCUT2D eigenvalue weighted by Crippen LogP contribution is -3.00. The van der Waals surface area contributed by atoms with Crippen LogP contribution < -0.4 is 28.6 Å². The minimum absolute atomic E-state index is 0. The van der Waals surface area contributed by atoms with Crippen LogP contribution in [0.1, 0.15) is 6.92 Å². The van der Waals surface area contributed by atoms with E-state index in [0.717, 1.165) is 11.0 Å². The molecule has 0 fully saturated rings. The molecule has 1 aromatic carbocycles. The van der Waals surface area contributed by atoms with Crippen LogP contribution in [0.25, 0.3) is 11.0 Å². The van der Waals surface area contributed by atoms with E-state index >= 15 is 0 Å². The molecule has 1 aromatic heterocycles. The molecule has 4 N–H and O–H groups in total. The Labute approximate surface area is 99.0 Å². The van der Waals surface area contributed by atoms with Gasteiger partial charge in [-0.2, -0.15) is 0 Å². The molecule has 0 saturated carbocycles. The summed E-state index contributed by atoms with van der Waals surface area (Å²) in [6, 6.07) is 7.52. The first-order valence-corrected chi connectivity index (χ1v) is 4.64. The van der Waals surface area contributed by atoms with Crippen molar-refractivity contribution in [3.63, 3.8) is 0 Å². The zero-order valence-electron chi connectivity index (χ0n) is 8.85. The molecule has 0 unspecified atom stereocenters. The number of nitrogen functional groups attached to an aromatic ring is 2. The standard InChI is InChI=1S/C10H12N4O.ClH/c1-7(15)6-13-8-4-2-3-5-9(8)14(12)10(13)11;/h2-5,11H,6,12H2,1H3;1H. The summed E-state index contributed by atoms with van der Waals surface area (Å²) in [5.41, 5.74) is 7.50. The molecule has 16 heavy (non-hydrogen) atoms. The van der Waals surface area contributed by atoms with Crippen LogP contribution in [0.3, 0.4) is 0 Å². The van der Waals surface area contributed by atoms with Crippen LogP contribution in [0, 0.1) is 0 Å². The van der Waals surface area contributed by atoms with E-state index in [9.17, 15) is 4.79 Å². The second-order valence-corrected chi connectivity index (χ2v) is 3.51. The van der Waals surface area contributed by atoms with Gasteiger partial charge in [-0.25, -0.2) is 4.57 Å². The number of carbonyl (C=O) groups excluding carboxylic acids is 1. The Balaban J connectivity index is 0.00000128. The van der Waals surface area contributed by atoms with Crippen LogP contribution >= 0.6 is 0 Å². The molecule has 0 aliphatic rings. The third-order valence-corrected chi connectivity index (χ3v) is 2.34. The highest BCUT2D eigenvalue weighted by atomic mass is 35.5. The molecule has 2 aromatic rings. The Morgan fingerprint density at radius 1 is 1.44 bits per heavy atom. The largest absolute Gasteiger partial charge is 1.00 e. The van der Waals surface area contributed by atoms with Gasteiger partial charge in [-0.3, -0.25) is 16.4 Å². The summed E-state index contributed by atoms with van der Waals surface area (Å²) < 4.78 is 3.09. The van der Waals surface area contributed by atoms with Crippen molar-refractivity contribution in [2.24, 2.45) is 0 Å². The van der Waals surface area contributed by atoms with Crippen LogP contribution in [0.2, 0.25) is 0 Å². The number of hydrogen-bond acceptors (Lipinski definition) is 3. The molecule has 0 spiro atoms. The molecule has 0 aliphatic heterocycles. The summed E-state index contributed by atoms with van der Waals surface area (Å²) in [5, 5.41) is 0. The van der Waals surface area contributed by atoms with Crippen molar-refractivity contribution < 1.29 is 21.8 Å². The Morgan fingerprint density at radius 2 is 2.06 bits per heavy atom. The van der Waals surface area contributed by atoms with Gasteiger partial charge in [0.25, 0.3) is 0 Å². The Bertz CT molecular complexity index is 535. The SMILES string of the molecule is CC(=O)C[n+]1c(N)n(N)c2ccccc21.[Cl-]. The van der Waals surface area contributed by atoms with Gasteiger partial charge in [0.1, 0.15) is 12.1 Å². The van der Waals surface area contributed by atoms with Crippen LogP contribution in [-0.2, 0) is 11.3 Å². The summed E-state index contributed by atoms with van der Waals surface area (Å²) in [6.45, 7) is 1.77. The van der Waals surface area contributed by atoms with Crippen molar-refractivity contribution in [3.05, 3.63) is 24.3 Å². The first kappa shape index (κ1) is 12.3. The number of nitrogens with zero attached hydrogens (tertiary/aromatic N) is 2. The van der Waals surface area contributed by atoms with Gasteiger partial charge in [0.2, 0.25) is 0 Å². The zero-order chi connectivity index (χ0) is 11.0. The second kappa shape index (κ2) is 4.40. The van der Waals surface area contributed by atoms with Crippen molar-refractivity contribution in [1.82, 2.24) is 4.68 Å². The van der Waals surface area contributed by atoms with Gasteiger partial charge in [0.05, 0.1) is 0 Å². The summed E-state index contributed by atoms with van der Waals surface area (Å²) in [7, 11) is 0. The van der Waals surface area contributed by atoms with Crippen LogP contribution in [0.15, 0.2) is 24.3 Å². The molecule has 1 heterocycles. The van der Waals surface area contributed by atoms with Crippen molar-refractivity contribution in [2.75, 3.05) is 11.6 Å². The van der Waals surface area contributed by atoms with Crippen LogP contribution in [-0.4, -0.2) is 10.5 Å². The number of aromatic nitrogens is 2. The number of imidazole rings is 1. The summed E-state index contributed by atoms with van der Waals surface area (Å²) in [4.78, 5) is 11.1. The highest BCUT2D eigenvalue weighted by Crippen LogP contribution is 2.12. The number of para-hydroxylation sites is 2. The molecular weight excluding hydrogens is 228 g/mol. The number of carbonyl (C=O) groups is 1. The number of Topliss-reactive ketones (excluding diaryl/α,β-unsaturated/α-hetero) is 1. The van der Waals surface area contributed by atoms with E-state index in [1.807, 2.05) is 24.3 Å². The summed E-state index contributed by atoms with van der Waals surface area (Å²) in [5.74, 6) is 6.20. The average Bonchev–Trinajstić information content (AvgIpc) is 2.44. The van der Waals surface area contributed by atoms with E-state index < -0.39 is 0 Å². The molecule has 0 saturated heterocycles. The molecule has 0 bridgehead atoms. The monoisotopic (exact) mass is 240 g/mol. The maximum atomic E-state index is 11.1. The van der Waals surface area contributed by atoms with Crippen LogP contribution in [0.4, 0.5) is 5.95 Å². The van der Waals surface area contributed by atoms with Gasteiger partial charge in [0.15, 0.2) is 11.3 Å². The molecule has 86 valence electrons. The van der Waals surface area contributed by atoms with Gasteiger partial charge < -0.3 is 12.4 Å². The van der Waals surface area contributed by atoms with E-state index in [1.54, 1.807) is 4.57 Å². The molecule has 2 rings (SSSR count). The van der Waals surface area contributed by atoms with Gasteiger partial charge in [-0.05, 0) is 19.1 Å². The number of anilines is 1. The minimum Gasteiger partial charge on any atom is -1.00 e. The van der Waals surface area contributed by atoms with E-state index in [2.05, 4.69) is 0 Å². The van der Waals surface area contributed by atoms with Gasteiger partial charge in [-0.1, -0.05) is 12.1 Å². The summed E-state index contributed by atoms with van der Waals surface area (Å²) in [6.07, 6.45) is 0. The van der Waals surface area contributed by atoms with Crippen molar-refractivity contribution in [3.8, 4) is 0 Å². The predicted molar refractivity (Wildman–Crippen MR) is 57.4 cm³/mol. The molecule has 0 aliphatic carbocycles. The van der Waals surface area contributed by atoms with E-state index in [0.29, 0.717) is 5.95 Å². The highest BCUT2D eigenvalue weighted by Gasteiger charge is 2.19. The highest BCUT2D eigenvalue weighted by molar-refractivity contribution is 5.77. The van der Waals surface area contributed by atoms with Crippen molar-refractivity contribution in [2.45, 2.75) is 13.5 Å². The summed E-state index contributed by atoms with van der Waals surface area (Å²) >= 11 is 0. The van der Waals surface area contributed by atoms with Crippen LogP contribution in [0.5, 0.6) is 0 Å². The molecule has 0 amide bonds. The van der Waals surface area contributed by atoms with Gasteiger partial charge in [0, 0.05) is 0 Å². The van der Waals surface area contributed by atoms with E-state index in [-0.39, 0.29) is 24.7 Å². The zero-order valence-corrected chi connectivity index (χ0v) is 9.61. The first-order chi connectivity index (χ1) is 7.11. The Hall–Kier alpha value is -1.75. The van der Waals surface area contributed by atoms with Crippen molar-refractivity contribution >= 4 is 22.8 Å². The quantitative estimate of drug-likeness (QED) is 0.429. The second-order valence-electron chi connectivity index (χ2n) is 3.51. The fraction of sp³-hybridized carbons (Fsp3) is 0.200. The lowest BCUT2D eigenvalue weighted by Gasteiger charge is -1.95. The number of rotatable bonds is 2. The smallest absolute Gasteiger partial charge is 0.378 e. The maximum absolute atomic E-state index is 11.1. The van der Waals surface area contributed by atoms with E-state index in [1.165, 1.54) is 11.6 Å². The van der Waals surface area contributed by atoms with Crippen molar-refractivity contribution in [1.29, 1.82) is 0 Å². The maximum Gasteiger partial charge on any atom is 0.378 e. The number of benzene rings is 1. The molecular formula is C10H13ClN4O. The minimum atomic E-state index is 0. The molecule has 0 atom stereocenters. The first-order valence-electron chi connectivity index (χ1n) is 4.64. The van der Waals surface area contributed by atoms with Gasteiger partial charge in [-0.15, -0.1) is 4.68 Å². The molecule has 0 radical (unpaired) electrons. The van der Waals surface area contributed by atoms with Gasteiger partial charge >= 0.3 is 5.95 Å². The molecule has 6 heteroatoms. The lowest BCUT2D eigenvalue weighted by molar-refractivity contribution is -0.643. The average molecular weight is 241 g/mol. The molecule has 5 nitrogen and oxygen atoms in total. The fourth-order valence-electron chi connectivity index (χ4n) is 1.66. The topological polar surface area (TPSA) is 77.9 Å². The van der Waals surface area contributed by atoms with E-state index in [4.69, 9.17) is 11.6 Å². The third kappa shape index (κ3) is 1.81.